The largest absolute Gasteiger partial charge is 0.338 e. The Labute approximate surface area is 181 Å². The second kappa shape index (κ2) is 8.70. The van der Waals surface area contributed by atoms with Crippen LogP contribution < -0.4 is 10.2 Å². The lowest BCUT2D eigenvalue weighted by atomic mass is 10.1. The van der Waals surface area contributed by atoms with E-state index in [1.807, 2.05) is 18.2 Å². The summed E-state index contributed by atoms with van der Waals surface area (Å²) in [6.45, 7) is 11.2. The van der Waals surface area contributed by atoms with Crippen LogP contribution in [-0.4, -0.2) is 22.3 Å². The molecule has 0 saturated heterocycles. The summed E-state index contributed by atoms with van der Waals surface area (Å²) in [6, 6.07) is 14.7. The van der Waals surface area contributed by atoms with Gasteiger partial charge in [-0.3, -0.25) is 0 Å². The molecule has 3 aromatic rings. The Balaban J connectivity index is 1.49. The van der Waals surface area contributed by atoms with E-state index in [0.717, 1.165) is 42.3 Å². The van der Waals surface area contributed by atoms with Crippen LogP contribution in [0.1, 0.15) is 34.2 Å². The molecule has 4 nitrogen and oxygen atoms in total. The van der Waals surface area contributed by atoms with E-state index >= 15 is 0 Å². The van der Waals surface area contributed by atoms with Crippen LogP contribution in [0, 0.1) is 27.7 Å². The Kier molecular flexibility index (Phi) is 6.02. The number of aromatic nitrogens is 1. The first-order valence-electron chi connectivity index (χ1n) is 10.5. The molecule has 1 N–H and O–H groups in total. The molecule has 0 fully saturated rings. The van der Waals surface area contributed by atoms with Crippen LogP contribution in [-0.2, 0) is 17.3 Å². The molecule has 0 radical (unpaired) electrons. The van der Waals surface area contributed by atoms with E-state index in [1.165, 1.54) is 27.8 Å². The number of pyridine rings is 1. The van der Waals surface area contributed by atoms with Crippen LogP contribution in [0.4, 0.5) is 11.4 Å². The van der Waals surface area contributed by atoms with Gasteiger partial charge >= 0.3 is 0 Å². The molecule has 30 heavy (non-hydrogen) atoms. The first-order valence-corrected chi connectivity index (χ1v) is 11.6. The first-order chi connectivity index (χ1) is 14.5. The number of nitrogens with zero attached hydrogens (tertiary/aromatic N) is 2. The molecule has 1 aromatic heterocycles. The highest BCUT2D eigenvalue weighted by Gasteiger charge is 2.30. The summed E-state index contributed by atoms with van der Waals surface area (Å²) in [5, 5.41) is 4.23. The number of anilines is 2. The maximum Gasteiger partial charge on any atom is 0.155 e. The Morgan fingerprint density at radius 3 is 2.60 bits per heavy atom. The molecule has 1 unspecified atom stereocenters. The highest BCUT2D eigenvalue weighted by molar-refractivity contribution is 7.85. The maximum atomic E-state index is 13.1. The van der Waals surface area contributed by atoms with Gasteiger partial charge in [-0.15, -0.1) is 0 Å². The lowest BCUT2D eigenvalue weighted by Gasteiger charge is -2.34. The average molecular weight is 420 g/mol. The minimum absolute atomic E-state index is 0.663. The van der Waals surface area contributed by atoms with Crippen LogP contribution in [0.5, 0.6) is 0 Å². The number of hydrogen-bond acceptors (Lipinski definition) is 4. The molecular weight excluding hydrogens is 390 g/mol. The summed E-state index contributed by atoms with van der Waals surface area (Å²) in [5.41, 5.74) is 8.45. The number of fused-ring (bicyclic) bond motifs is 2. The Morgan fingerprint density at radius 2 is 1.80 bits per heavy atom. The molecule has 1 aliphatic heterocycles. The van der Waals surface area contributed by atoms with Crippen LogP contribution in [0.15, 0.2) is 58.6 Å². The molecule has 0 saturated carbocycles. The van der Waals surface area contributed by atoms with Crippen LogP contribution >= 0.6 is 0 Å². The molecule has 0 spiro atoms. The van der Waals surface area contributed by atoms with Crippen LogP contribution in [0.25, 0.3) is 0 Å². The molecule has 0 bridgehead atoms. The van der Waals surface area contributed by atoms with E-state index < -0.39 is 10.8 Å². The predicted molar refractivity (Wildman–Crippen MR) is 124 cm³/mol. The van der Waals surface area contributed by atoms with Gasteiger partial charge < -0.3 is 10.2 Å². The van der Waals surface area contributed by atoms with Gasteiger partial charge in [0, 0.05) is 19.3 Å². The minimum Gasteiger partial charge on any atom is -0.338 e. The highest BCUT2D eigenvalue weighted by Crippen LogP contribution is 2.43. The fourth-order valence-electron chi connectivity index (χ4n) is 3.96. The average Bonchev–Trinajstić information content (AvgIpc) is 2.75. The molecular formula is C25H29N3OS. The number of rotatable bonds is 6. The van der Waals surface area contributed by atoms with Crippen molar-refractivity contribution in [3.8, 4) is 0 Å². The fraction of sp³-hybridized carbons (Fsp3) is 0.320. The van der Waals surface area contributed by atoms with Gasteiger partial charge in [-0.2, -0.15) is 0 Å². The van der Waals surface area contributed by atoms with E-state index in [9.17, 15) is 4.21 Å². The lowest BCUT2D eigenvalue weighted by Crippen LogP contribution is -2.29. The van der Waals surface area contributed by atoms with E-state index in [1.54, 1.807) is 6.20 Å². The third kappa shape index (κ3) is 3.92. The Bertz CT molecular complexity index is 1110. The zero-order valence-corrected chi connectivity index (χ0v) is 19.0. The first kappa shape index (κ1) is 20.8. The van der Waals surface area contributed by atoms with Gasteiger partial charge in [-0.25, -0.2) is 9.19 Å². The molecule has 1 aliphatic rings. The zero-order chi connectivity index (χ0) is 21.3. The van der Waals surface area contributed by atoms with E-state index in [0.29, 0.717) is 5.03 Å². The van der Waals surface area contributed by atoms with E-state index in [4.69, 9.17) is 0 Å². The van der Waals surface area contributed by atoms with Crippen molar-refractivity contribution in [1.82, 2.24) is 10.3 Å². The Hall–Kier alpha value is -2.50. The third-order valence-corrected chi connectivity index (χ3v) is 7.38. The smallest absolute Gasteiger partial charge is 0.155 e. The number of aryl methyl sites for hydroxylation is 3. The number of hydrogen-bond donors (Lipinski definition) is 1. The number of benzene rings is 2. The monoisotopic (exact) mass is 419 g/mol. The second-order valence-corrected chi connectivity index (χ2v) is 9.42. The van der Waals surface area contributed by atoms with E-state index in [2.05, 4.69) is 67.2 Å². The van der Waals surface area contributed by atoms with Crippen molar-refractivity contribution in [2.75, 3.05) is 18.0 Å². The summed E-state index contributed by atoms with van der Waals surface area (Å²) in [5.74, 6) is 0. The van der Waals surface area contributed by atoms with E-state index in [-0.39, 0.29) is 0 Å². The summed E-state index contributed by atoms with van der Waals surface area (Å²) < 4.78 is 13.1. The van der Waals surface area contributed by atoms with Crippen molar-refractivity contribution in [2.45, 2.75) is 50.6 Å². The molecule has 1 atom stereocenters. The molecule has 0 aliphatic carbocycles. The summed E-state index contributed by atoms with van der Waals surface area (Å²) in [4.78, 5) is 7.62. The minimum atomic E-state index is -1.24. The molecule has 2 aromatic carbocycles. The fourth-order valence-corrected chi connectivity index (χ4v) is 5.32. The third-order valence-electron chi connectivity index (χ3n) is 5.99. The highest BCUT2D eigenvalue weighted by atomic mass is 32.2. The SMILES string of the molecule is Cc1ccc(CNCCCN2c3cccnc3S(=O)c3ccc(C)c(C)c32)cc1C. The van der Waals surface area contributed by atoms with Crippen molar-refractivity contribution < 1.29 is 4.21 Å². The molecule has 0 amide bonds. The summed E-state index contributed by atoms with van der Waals surface area (Å²) >= 11 is 0. The topological polar surface area (TPSA) is 45.2 Å². The molecule has 156 valence electrons. The predicted octanol–water partition coefficient (Wildman–Crippen LogP) is 5.11. The second-order valence-electron chi connectivity index (χ2n) is 8.05. The van der Waals surface area contributed by atoms with Crippen molar-refractivity contribution in [3.05, 3.63) is 76.5 Å². The van der Waals surface area contributed by atoms with Crippen molar-refractivity contribution >= 4 is 22.2 Å². The van der Waals surface area contributed by atoms with Crippen LogP contribution in [0.2, 0.25) is 0 Å². The Morgan fingerprint density at radius 1 is 1.00 bits per heavy atom. The van der Waals surface area contributed by atoms with Gasteiger partial charge in [-0.05, 0) is 86.7 Å². The van der Waals surface area contributed by atoms with Gasteiger partial charge in [0.1, 0.15) is 10.8 Å². The molecule has 2 heterocycles. The van der Waals surface area contributed by atoms with Gasteiger partial charge in [-0.1, -0.05) is 24.3 Å². The van der Waals surface area contributed by atoms with Gasteiger partial charge in [0.2, 0.25) is 0 Å². The summed E-state index contributed by atoms with van der Waals surface area (Å²) in [7, 11) is -1.24. The lowest BCUT2D eigenvalue weighted by molar-refractivity contribution is 0.645. The van der Waals surface area contributed by atoms with Gasteiger partial charge in [0.25, 0.3) is 0 Å². The van der Waals surface area contributed by atoms with Crippen molar-refractivity contribution in [1.29, 1.82) is 0 Å². The van der Waals surface area contributed by atoms with Crippen molar-refractivity contribution in [2.24, 2.45) is 0 Å². The molecule has 4 rings (SSSR count). The van der Waals surface area contributed by atoms with Gasteiger partial charge in [0.05, 0.1) is 16.3 Å². The quantitative estimate of drug-likeness (QED) is 0.564. The molecule has 5 heteroatoms. The zero-order valence-electron chi connectivity index (χ0n) is 18.2. The van der Waals surface area contributed by atoms with Crippen LogP contribution in [0.3, 0.4) is 0 Å². The summed E-state index contributed by atoms with van der Waals surface area (Å²) in [6.07, 6.45) is 2.71. The standard InChI is InChI=1S/C25H29N3OS/c1-17-8-10-21(15-19(17)3)16-26-12-6-14-28-22-7-5-13-27-25(22)30(29)23-11-9-18(2)20(4)24(23)28/h5,7-11,13,15,26H,6,12,14,16H2,1-4H3. The maximum absolute atomic E-state index is 13.1. The van der Waals surface area contributed by atoms with Crippen molar-refractivity contribution in [3.63, 3.8) is 0 Å². The van der Waals surface area contributed by atoms with Gasteiger partial charge in [0.15, 0.2) is 5.03 Å². The number of nitrogens with one attached hydrogen (secondary N) is 1. The normalized spacial score (nSPS) is 15.1.